The van der Waals surface area contributed by atoms with E-state index in [0.717, 1.165) is 25.1 Å². The highest BCUT2D eigenvalue weighted by molar-refractivity contribution is 5.97. The molecule has 1 heterocycles. The van der Waals surface area contributed by atoms with Crippen LogP contribution in [0.5, 0.6) is 0 Å². The van der Waals surface area contributed by atoms with E-state index in [-0.39, 0.29) is 24.9 Å². The quantitative estimate of drug-likeness (QED) is 0.715. The van der Waals surface area contributed by atoms with E-state index in [0.29, 0.717) is 13.2 Å². The summed E-state index contributed by atoms with van der Waals surface area (Å²) in [6.45, 7) is 2.39. The summed E-state index contributed by atoms with van der Waals surface area (Å²) in [6, 6.07) is 7.97. The topological polar surface area (TPSA) is 61.9 Å². The summed E-state index contributed by atoms with van der Waals surface area (Å²) in [5.74, 6) is -0.0390. The molecule has 6 heteroatoms. The number of hydrogen-bond donors (Lipinski definition) is 1. The van der Waals surface area contributed by atoms with E-state index in [1.165, 1.54) is 5.56 Å². The zero-order valence-corrected chi connectivity index (χ0v) is 13.9. The first-order valence-corrected chi connectivity index (χ1v) is 7.94. The van der Waals surface area contributed by atoms with Crippen LogP contribution < -0.4 is 10.2 Å². The second-order valence-electron chi connectivity index (χ2n) is 5.79. The molecule has 0 spiro atoms. The predicted octanol–water partition coefficient (Wildman–Crippen LogP) is 0.660. The van der Waals surface area contributed by atoms with Crippen LogP contribution in [-0.4, -0.2) is 63.7 Å². The molecule has 0 unspecified atom stereocenters. The number of nitrogens with one attached hydrogen (secondary N) is 1. The molecule has 0 fully saturated rings. The van der Waals surface area contributed by atoms with Crippen molar-refractivity contribution in [3.05, 3.63) is 29.8 Å². The van der Waals surface area contributed by atoms with Crippen LogP contribution in [0.4, 0.5) is 5.69 Å². The van der Waals surface area contributed by atoms with E-state index >= 15 is 0 Å². The number of hydrogen-bond acceptors (Lipinski definition) is 4. The van der Waals surface area contributed by atoms with Gasteiger partial charge in [0.2, 0.25) is 11.8 Å². The van der Waals surface area contributed by atoms with Gasteiger partial charge in [-0.2, -0.15) is 0 Å². The monoisotopic (exact) mass is 319 g/mol. The van der Waals surface area contributed by atoms with Gasteiger partial charge < -0.3 is 15.0 Å². The van der Waals surface area contributed by atoms with Gasteiger partial charge in [-0.15, -0.1) is 0 Å². The molecule has 1 aliphatic heterocycles. The van der Waals surface area contributed by atoms with Crippen LogP contribution >= 0.6 is 0 Å². The largest absolute Gasteiger partial charge is 0.385 e. The molecule has 126 valence electrons. The Morgan fingerprint density at radius 3 is 2.87 bits per heavy atom. The molecule has 2 rings (SSSR count). The number of anilines is 1. The van der Waals surface area contributed by atoms with Crippen molar-refractivity contribution in [2.24, 2.45) is 0 Å². The third kappa shape index (κ3) is 5.04. The Morgan fingerprint density at radius 1 is 1.30 bits per heavy atom. The lowest BCUT2D eigenvalue weighted by molar-refractivity contribution is -0.123. The van der Waals surface area contributed by atoms with Gasteiger partial charge in [-0.25, -0.2) is 0 Å². The van der Waals surface area contributed by atoms with Crippen LogP contribution in [0.1, 0.15) is 12.0 Å². The SMILES string of the molecule is COCCCNC(=O)CN(C)CC(=O)N1CCc2ccccc21. The number of ether oxygens (including phenoxy) is 1. The summed E-state index contributed by atoms with van der Waals surface area (Å²) in [5.41, 5.74) is 2.20. The Hall–Kier alpha value is -1.92. The lowest BCUT2D eigenvalue weighted by atomic mass is 10.2. The number of para-hydroxylation sites is 1. The summed E-state index contributed by atoms with van der Waals surface area (Å²) in [4.78, 5) is 27.8. The number of fused-ring (bicyclic) bond motifs is 1. The minimum atomic E-state index is -0.0711. The van der Waals surface area contributed by atoms with Gasteiger partial charge in [0.05, 0.1) is 13.1 Å². The van der Waals surface area contributed by atoms with E-state index in [4.69, 9.17) is 4.74 Å². The van der Waals surface area contributed by atoms with Crippen LogP contribution in [-0.2, 0) is 20.7 Å². The molecule has 23 heavy (non-hydrogen) atoms. The molecule has 2 amide bonds. The minimum absolute atomic E-state index is 0.0321. The maximum atomic E-state index is 12.4. The van der Waals surface area contributed by atoms with Crippen molar-refractivity contribution in [2.75, 3.05) is 51.8 Å². The van der Waals surface area contributed by atoms with Crippen LogP contribution in [0.25, 0.3) is 0 Å². The zero-order chi connectivity index (χ0) is 16.7. The molecule has 1 aliphatic rings. The summed E-state index contributed by atoms with van der Waals surface area (Å²) >= 11 is 0. The third-order valence-corrected chi connectivity index (χ3v) is 3.85. The van der Waals surface area contributed by atoms with Crippen LogP contribution in [0.3, 0.4) is 0 Å². The summed E-state index contributed by atoms with van der Waals surface area (Å²) < 4.78 is 4.93. The van der Waals surface area contributed by atoms with Crippen molar-refractivity contribution < 1.29 is 14.3 Å². The number of carbonyl (C=O) groups is 2. The van der Waals surface area contributed by atoms with Crippen molar-refractivity contribution in [2.45, 2.75) is 12.8 Å². The van der Waals surface area contributed by atoms with E-state index in [1.54, 1.807) is 19.1 Å². The molecule has 6 nitrogen and oxygen atoms in total. The summed E-state index contributed by atoms with van der Waals surface area (Å²) in [5, 5.41) is 2.82. The van der Waals surface area contributed by atoms with Gasteiger partial charge in [0, 0.05) is 32.5 Å². The van der Waals surface area contributed by atoms with E-state index in [2.05, 4.69) is 11.4 Å². The van der Waals surface area contributed by atoms with Crippen LogP contribution in [0, 0.1) is 0 Å². The molecule has 0 bridgehead atoms. The van der Waals surface area contributed by atoms with Crippen LogP contribution in [0.15, 0.2) is 24.3 Å². The minimum Gasteiger partial charge on any atom is -0.385 e. The first-order chi connectivity index (χ1) is 11.1. The van der Waals surface area contributed by atoms with Gasteiger partial charge in [-0.3, -0.25) is 14.5 Å². The standard InChI is InChI=1S/C17H25N3O3/c1-19(12-16(21)18-9-5-11-23-2)13-17(22)20-10-8-14-6-3-4-7-15(14)20/h3-4,6-7H,5,8-13H2,1-2H3,(H,18,21). The Bertz CT molecular complexity index is 548. The number of benzene rings is 1. The summed E-state index contributed by atoms with van der Waals surface area (Å²) in [7, 11) is 3.42. The number of amides is 2. The highest BCUT2D eigenvalue weighted by Gasteiger charge is 2.24. The van der Waals surface area contributed by atoms with Gasteiger partial charge in [0.1, 0.15) is 0 Å². The molecule has 0 aromatic heterocycles. The number of rotatable bonds is 8. The van der Waals surface area contributed by atoms with Gasteiger partial charge >= 0.3 is 0 Å². The van der Waals surface area contributed by atoms with Crippen LogP contribution in [0.2, 0.25) is 0 Å². The Labute approximate surface area is 137 Å². The van der Waals surface area contributed by atoms with Crippen molar-refractivity contribution in [1.82, 2.24) is 10.2 Å². The average Bonchev–Trinajstić information content (AvgIpc) is 2.95. The number of carbonyl (C=O) groups excluding carboxylic acids is 2. The Kier molecular flexibility index (Phi) is 6.55. The van der Waals surface area contributed by atoms with E-state index in [1.807, 2.05) is 23.1 Å². The molecule has 1 aromatic rings. The fraction of sp³-hybridized carbons (Fsp3) is 0.529. The van der Waals surface area contributed by atoms with Gasteiger partial charge in [-0.1, -0.05) is 18.2 Å². The van der Waals surface area contributed by atoms with Gasteiger partial charge in [-0.05, 0) is 31.5 Å². The first-order valence-electron chi connectivity index (χ1n) is 7.94. The predicted molar refractivity (Wildman–Crippen MR) is 89.5 cm³/mol. The molecule has 1 N–H and O–H groups in total. The molecular weight excluding hydrogens is 294 g/mol. The second kappa shape index (κ2) is 8.64. The van der Waals surface area contributed by atoms with E-state index in [9.17, 15) is 9.59 Å². The number of likely N-dealkylation sites (N-methyl/N-ethyl adjacent to an activating group) is 1. The Balaban J connectivity index is 1.76. The van der Waals surface area contributed by atoms with Crippen molar-refractivity contribution in [3.63, 3.8) is 0 Å². The molecule has 1 aromatic carbocycles. The molecule has 0 saturated heterocycles. The molecular formula is C17H25N3O3. The van der Waals surface area contributed by atoms with E-state index < -0.39 is 0 Å². The fourth-order valence-corrected chi connectivity index (χ4v) is 2.71. The fourth-order valence-electron chi connectivity index (χ4n) is 2.71. The third-order valence-electron chi connectivity index (χ3n) is 3.85. The van der Waals surface area contributed by atoms with Crippen molar-refractivity contribution >= 4 is 17.5 Å². The maximum Gasteiger partial charge on any atom is 0.241 e. The van der Waals surface area contributed by atoms with Crippen molar-refractivity contribution in [1.29, 1.82) is 0 Å². The van der Waals surface area contributed by atoms with Gasteiger partial charge in [0.15, 0.2) is 0 Å². The van der Waals surface area contributed by atoms with Gasteiger partial charge in [0.25, 0.3) is 0 Å². The smallest absolute Gasteiger partial charge is 0.241 e. The highest BCUT2D eigenvalue weighted by atomic mass is 16.5. The lowest BCUT2D eigenvalue weighted by Gasteiger charge is -2.21. The molecule has 0 radical (unpaired) electrons. The molecule has 0 saturated carbocycles. The number of nitrogens with zero attached hydrogens (tertiary/aromatic N) is 2. The van der Waals surface area contributed by atoms with Crippen molar-refractivity contribution in [3.8, 4) is 0 Å². The number of methoxy groups -OCH3 is 1. The first kappa shape index (κ1) is 17.4. The lowest BCUT2D eigenvalue weighted by Crippen LogP contribution is -2.42. The maximum absolute atomic E-state index is 12.4. The zero-order valence-electron chi connectivity index (χ0n) is 13.9. The average molecular weight is 319 g/mol. The molecule has 0 aliphatic carbocycles. The second-order valence-corrected chi connectivity index (χ2v) is 5.79. The Morgan fingerprint density at radius 2 is 2.09 bits per heavy atom. The summed E-state index contributed by atoms with van der Waals surface area (Å²) in [6.07, 6.45) is 1.68. The normalized spacial score (nSPS) is 13.3. The highest BCUT2D eigenvalue weighted by Crippen LogP contribution is 2.27. The molecule has 0 atom stereocenters.